The number of hydrogen-bond acceptors (Lipinski definition) is 7. The summed E-state index contributed by atoms with van der Waals surface area (Å²) in [6, 6.07) is 0. The van der Waals surface area contributed by atoms with E-state index in [4.69, 9.17) is 4.74 Å². The normalized spacial score (nSPS) is 13.8. The van der Waals surface area contributed by atoms with Gasteiger partial charge in [0.2, 0.25) is 5.82 Å². The average Bonchev–Trinajstić information content (AvgIpc) is 2.35. The van der Waals surface area contributed by atoms with Crippen LogP contribution >= 0.6 is 0 Å². The van der Waals surface area contributed by atoms with E-state index in [-0.39, 0.29) is 23.9 Å². The van der Waals surface area contributed by atoms with Crippen LogP contribution in [0.2, 0.25) is 0 Å². The molecule has 1 heterocycles. The zero-order valence-corrected chi connectivity index (χ0v) is 10.5. The summed E-state index contributed by atoms with van der Waals surface area (Å²) in [6.07, 6.45) is 1.67. The van der Waals surface area contributed by atoms with Crippen LogP contribution in [0.1, 0.15) is 20.3 Å². The van der Waals surface area contributed by atoms with E-state index in [0.29, 0.717) is 6.42 Å². The molecule has 1 aromatic rings. The minimum Gasteiger partial charge on any atom is -0.476 e. The molecule has 100 valence electrons. The highest BCUT2D eigenvalue weighted by Gasteiger charge is 2.26. The minimum atomic E-state index is -0.966. The van der Waals surface area contributed by atoms with E-state index in [1.54, 1.807) is 6.92 Å². The predicted octanol–water partition coefficient (Wildman–Crippen LogP) is 0.966. The Bertz CT molecular complexity index is 436. The zero-order chi connectivity index (χ0) is 13.8. The van der Waals surface area contributed by atoms with Gasteiger partial charge in [-0.1, -0.05) is 6.92 Å². The third kappa shape index (κ3) is 3.27. The van der Waals surface area contributed by atoms with E-state index in [1.165, 1.54) is 7.11 Å². The van der Waals surface area contributed by atoms with Crippen LogP contribution in [0, 0.1) is 10.1 Å². The summed E-state index contributed by atoms with van der Waals surface area (Å²) < 4.78 is 4.81. The van der Waals surface area contributed by atoms with Gasteiger partial charge in [-0.2, -0.15) is 4.98 Å². The van der Waals surface area contributed by atoms with E-state index in [9.17, 15) is 15.2 Å². The Labute approximate surface area is 104 Å². The highest BCUT2D eigenvalue weighted by molar-refractivity contribution is 5.61. The van der Waals surface area contributed by atoms with Gasteiger partial charge in [0.05, 0.1) is 17.6 Å². The molecule has 0 fully saturated rings. The van der Waals surface area contributed by atoms with Crippen LogP contribution in [-0.4, -0.2) is 39.3 Å². The molecule has 8 nitrogen and oxygen atoms in total. The van der Waals surface area contributed by atoms with Crippen molar-refractivity contribution in [1.29, 1.82) is 0 Å². The van der Waals surface area contributed by atoms with Crippen LogP contribution in [0.25, 0.3) is 0 Å². The van der Waals surface area contributed by atoms with E-state index in [0.717, 1.165) is 6.33 Å². The molecule has 8 heteroatoms. The molecule has 1 atom stereocenters. The van der Waals surface area contributed by atoms with Crippen molar-refractivity contribution in [3.63, 3.8) is 0 Å². The molecule has 0 aliphatic carbocycles. The van der Waals surface area contributed by atoms with Gasteiger partial charge in [-0.05, 0) is 13.3 Å². The Balaban J connectivity index is 2.99. The summed E-state index contributed by atoms with van der Waals surface area (Å²) in [7, 11) is 1.29. The molecule has 1 unspecified atom stereocenters. The molecule has 0 aromatic carbocycles. The van der Waals surface area contributed by atoms with Gasteiger partial charge >= 0.3 is 5.69 Å². The second-order valence-corrected chi connectivity index (χ2v) is 4.04. The number of rotatable bonds is 6. The Morgan fingerprint density at radius 3 is 2.78 bits per heavy atom. The fraction of sp³-hybridized carbons (Fsp3) is 0.600. The molecular weight excluding hydrogens is 240 g/mol. The monoisotopic (exact) mass is 256 g/mol. The molecular formula is C10H16N4O4. The first-order valence-corrected chi connectivity index (χ1v) is 5.41. The SMILES string of the molecule is CCC(C)(O)CNc1ncnc(OC)c1[N+](=O)[O-]. The van der Waals surface area contributed by atoms with Crippen LogP contribution in [0.4, 0.5) is 11.5 Å². The Hall–Kier alpha value is -1.96. The van der Waals surface area contributed by atoms with Gasteiger partial charge < -0.3 is 15.2 Å². The first kappa shape index (κ1) is 14.1. The lowest BCUT2D eigenvalue weighted by atomic mass is 10.0. The third-order valence-electron chi connectivity index (χ3n) is 2.56. The summed E-state index contributed by atoms with van der Waals surface area (Å²) in [5.41, 5.74) is -1.31. The summed E-state index contributed by atoms with van der Waals surface area (Å²) >= 11 is 0. The zero-order valence-electron chi connectivity index (χ0n) is 10.5. The topological polar surface area (TPSA) is 110 Å². The van der Waals surface area contributed by atoms with Crippen molar-refractivity contribution >= 4 is 11.5 Å². The molecule has 0 spiro atoms. The lowest BCUT2D eigenvalue weighted by molar-refractivity contribution is -0.385. The first-order valence-electron chi connectivity index (χ1n) is 5.41. The van der Waals surface area contributed by atoms with E-state index in [1.807, 2.05) is 6.92 Å². The number of anilines is 1. The molecule has 0 aliphatic heterocycles. The number of aromatic nitrogens is 2. The van der Waals surface area contributed by atoms with Gasteiger partial charge in [0, 0.05) is 6.54 Å². The van der Waals surface area contributed by atoms with E-state index >= 15 is 0 Å². The van der Waals surface area contributed by atoms with Crippen molar-refractivity contribution in [2.45, 2.75) is 25.9 Å². The van der Waals surface area contributed by atoms with Crippen LogP contribution in [0.3, 0.4) is 0 Å². The Morgan fingerprint density at radius 2 is 2.28 bits per heavy atom. The number of ether oxygens (including phenoxy) is 1. The second-order valence-electron chi connectivity index (χ2n) is 4.04. The molecule has 0 aliphatic rings. The highest BCUT2D eigenvalue weighted by Crippen LogP contribution is 2.30. The van der Waals surface area contributed by atoms with Gasteiger partial charge in [0.1, 0.15) is 6.33 Å². The van der Waals surface area contributed by atoms with E-state index < -0.39 is 10.5 Å². The van der Waals surface area contributed by atoms with Crippen molar-refractivity contribution in [2.24, 2.45) is 0 Å². The molecule has 2 N–H and O–H groups in total. The quantitative estimate of drug-likeness (QED) is 0.576. The molecule has 18 heavy (non-hydrogen) atoms. The molecule has 0 saturated carbocycles. The molecule has 0 saturated heterocycles. The first-order chi connectivity index (χ1) is 8.41. The van der Waals surface area contributed by atoms with Crippen molar-refractivity contribution in [1.82, 2.24) is 9.97 Å². The van der Waals surface area contributed by atoms with Crippen LogP contribution in [-0.2, 0) is 0 Å². The Kier molecular flexibility index (Phi) is 4.38. The molecule has 0 amide bonds. The van der Waals surface area contributed by atoms with Crippen molar-refractivity contribution in [3.05, 3.63) is 16.4 Å². The number of nitrogens with one attached hydrogen (secondary N) is 1. The Morgan fingerprint density at radius 1 is 1.61 bits per heavy atom. The fourth-order valence-electron chi connectivity index (χ4n) is 1.21. The average molecular weight is 256 g/mol. The number of aliphatic hydroxyl groups is 1. The van der Waals surface area contributed by atoms with Gasteiger partial charge in [-0.15, -0.1) is 0 Å². The summed E-state index contributed by atoms with van der Waals surface area (Å²) in [5.74, 6) is -0.0887. The van der Waals surface area contributed by atoms with Crippen LogP contribution < -0.4 is 10.1 Å². The highest BCUT2D eigenvalue weighted by atomic mass is 16.6. The summed E-state index contributed by atoms with van der Waals surface area (Å²) in [6.45, 7) is 3.59. The summed E-state index contributed by atoms with van der Waals surface area (Å²) in [4.78, 5) is 17.8. The minimum absolute atomic E-state index is 0.0283. The molecule has 0 radical (unpaired) electrons. The predicted molar refractivity (Wildman–Crippen MR) is 64.6 cm³/mol. The third-order valence-corrected chi connectivity index (χ3v) is 2.56. The van der Waals surface area contributed by atoms with Gasteiger partial charge in [0.15, 0.2) is 0 Å². The maximum Gasteiger partial charge on any atom is 0.372 e. The second kappa shape index (κ2) is 5.58. The molecule has 0 bridgehead atoms. The summed E-state index contributed by atoms with van der Waals surface area (Å²) in [5, 5.41) is 23.5. The van der Waals surface area contributed by atoms with Crippen LogP contribution in [0.5, 0.6) is 5.88 Å². The number of methoxy groups -OCH3 is 1. The van der Waals surface area contributed by atoms with E-state index in [2.05, 4.69) is 15.3 Å². The largest absolute Gasteiger partial charge is 0.476 e. The number of hydrogen-bond donors (Lipinski definition) is 2. The maximum absolute atomic E-state index is 10.9. The number of nitro groups is 1. The lowest BCUT2D eigenvalue weighted by Gasteiger charge is -2.21. The van der Waals surface area contributed by atoms with Gasteiger partial charge in [-0.25, -0.2) is 4.98 Å². The van der Waals surface area contributed by atoms with Gasteiger partial charge in [0.25, 0.3) is 5.88 Å². The molecule has 1 aromatic heterocycles. The molecule has 1 rings (SSSR count). The van der Waals surface area contributed by atoms with Crippen molar-refractivity contribution in [3.8, 4) is 5.88 Å². The fourth-order valence-corrected chi connectivity index (χ4v) is 1.21. The lowest BCUT2D eigenvalue weighted by Crippen LogP contribution is -2.32. The number of nitrogens with zero attached hydrogens (tertiary/aromatic N) is 3. The van der Waals surface area contributed by atoms with Gasteiger partial charge in [-0.3, -0.25) is 10.1 Å². The standard InChI is InChI=1S/C10H16N4O4/c1-4-10(2,15)5-11-8-7(14(16)17)9(18-3)13-6-12-8/h6,15H,4-5H2,1-3H3,(H,11,12,13). The van der Waals surface area contributed by atoms with Crippen LogP contribution in [0.15, 0.2) is 6.33 Å². The van der Waals surface area contributed by atoms with Crippen molar-refractivity contribution in [2.75, 3.05) is 19.0 Å². The maximum atomic E-state index is 10.9. The smallest absolute Gasteiger partial charge is 0.372 e. The van der Waals surface area contributed by atoms with Crippen molar-refractivity contribution < 1.29 is 14.8 Å².